The van der Waals surface area contributed by atoms with E-state index in [2.05, 4.69) is 23.2 Å². The molecule has 3 heteroatoms. The molecule has 2 aromatic rings. The number of aromatic amines is 1. The van der Waals surface area contributed by atoms with Gasteiger partial charge in [0.15, 0.2) is 5.76 Å². The van der Waals surface area contributed by atoms with Crippen molar-refractivity contribution in [1.29, 1.82) is 0 Å². The van der Waals surface area contributed by atoms with Crippen LogP contribution in [0.2, 0.25) is 0 Å². The van der Waals surface area contributed by atoms with Crippen molar-refractivity contribution in [2.45, 2.75) is 39.0 Å². The van der Waals surface area contributed by atoms with Gasteiger partial charge in [-0.1, -0.05) is 26.2 Å². The van der Waals surface area contributed by atoms with Crippen LogP contribution in [0.15, 0.2) is 28.9 Å². The van der Waals surface area contributed by atoms with E-state index < -0.39 is 0 Å². The van der Waals surface area contributed by atoms with Gasteiger partial charge in [0.05, 0.1) is 6.26 Å². The smallest absolute Gasteiger partial charge is 0.154 e. The quantitative estimate of drug-likeness (QED) is 0.749. The summed E-state index contributed by atoms with van der Waals surface area (Å²) in [6, 6.07) is 5.88. The second-order valence-electron chi connectivity index (χ2n) is 4.07. The molecule has 0 amide bonds. The van der Waals surface area contributed by atoms with Crippen LogP contribution in [-0.4, -0.2) is 10.2 Å². The highest BCUT2D eigenvalue weighted by atomic mass is 16.3. The minimum atomic E-state index is 0.830. The lowest BCUT2D eigenvalue weighted by Gasteiger charge is -1.96. The summed E-state index contributed by atoms with van der Waals surface area (Å²) in [5.74, 6) is 0.830. The van der Waals surface area contributed by atoms with Crippen LogP contribution in [0.1, 0.15) is 38.3 Å². The average Bonchev–Trinajstić information content (AvgIpc) is 2.94. The Morgan fingerprint density at radius 3 is 3.00 bits per heavy atom. The minimum Gasteiger partial charge on any atom is -0.463 e. The van der Waals surface area contributed by atoms with Crippen LogP contribution in [0, 0.1) is 0 Å². The number of aryl methyl sites for hydroxylation is 1. The molecule has 2 rings (SSSR count). The first kappa shape index (κ1) is 11.0. The molecule has 0 saturated carbocycles. The molecule has 0 aliphatic carbocycles. The van der Waals surface area contributed by atoms with Gasteiger partial charge in [0.1, 0.15) is 5.69 Å². The van der Waals surface area contributed by atoms with Crippen molar-refractivity contribution in [3.63, 3.8) is 0 Å². The monoisotopic (exact) mass is 218 g/mol. The standard InChI is InChI=1S/C13H18N2O/c1-2-3-4-5-7-11-10-12(15-14-11)13-8-6-9-16-13/h6,8-10H,2-5,7H2,1H3,(H,14,15). The second-order valence-corrected chi connectivity index (χ2v) is 4.07. The van der Waals surface area contributed by atoms with Crippen molar-refractivity contribution >= 4 is 0 Å². The van der Waals surface area contributed by atoms with E-state index in [-0.39, 0.29) is 0 Å². The van der Waals surface area contributed by atoms with Gasteiger partial charge < -0.3 is 4.42 Å². The molecule has 0 atom stereocenters. The highest BCUT2D eigenvalue weighted by Gasteiger charge is 2.05. The maximum Gasteiger partial charge on any atom is 0.154 e. The highest BCUT2D eigenvalue weighted by molar-refractivity contribution is 5.51. The molecule has 0 spiro atoms. The summed E-state index contributed by atoms with van der Waals surface area (Å²) in [4.78, 5) is 0. The summed E-state index contributed by atoms with van der Waals surface area (Å²) in [7, 11) is 0. The molecular formula is C13H18N2O. The SMILES string of the molecule is CCCCCCc1cc(-c2ccco2)n[nH]1. The van der Waals surface area contributed by atoms with Crippen LogP contribution in [-0.2, 0) is 6.42 Å². The molecule has 16 heavy (non-hydrogen) atoms. The lowest BCUT2D eigenvalue weighted by Crippen LogP contribution is -1.85. The predicted molar refractivity (Wildman–Crippen MR) is 64.1 cm³/mol. The third-order valence-electron chi connectivity index (χ3n) is 2.70. The van der Waals surface area contributed by atoms with E-state index in [1.807, 2.05) is 12.1 Å². The first-order valence-electron chi connectivity index (χ1n) is 5.98. The fraction of sp³-hybridized carbons (Fsp3) is 0.462. The van der Waals surface area contributed by atoms with Crippen LogP contribution < -0.4 is 0 Å². The van der Waals surface area contributed by atoms with Crippen molar-refractivity contribution < 1.29 is 4.42 Å². The van der Waals surface area contributed by atoms with Crippen molar-refractivity contribution in [2.24, 2.45) is 0 Å². The molecule has 0 radical (unpaired) electrons. The number of hydrogen-bond acceptors (Lipinski definition) is 2. The Hall–Kier alpha value is -1.51. The fourth-order valence-electron chi connectivity index (χ4n) is 1.78. The number of unbranched alkanes of at least 4 members (excludes halogenated alkanes) is 3. The zero-order valence-corrected chi connectivity index (χ0v) is 9.70. The molecule has 86 valence electrons. The zero-order valence-electron chi connectivity index (χ0n) is 9.70. The van der Waals surface area contributed by atoms with Gasteiger partial charge in [0.25, 0.3) is 0 Å². The molecule has 0 aliphatic rings. The number of hydrogen-bond donors (Lipinski definition) is 1. The third kappa shape index (κ3) is 2.75. The molecule has 2 aromatic heterocycles. The van der Waals surface area contributed by atoms with Gasteiger partial charge in [-0.25, -0.2) is 0 Å². The summed E-state index contributed by atoms with van der Waals surface area (Å²) in [5, 5.41) is 7.30. The summed E-state index contributed by atoms with van der Waals surface area (Å²) < 4.78 is 5.29. The number of H-pyrrole nitrogens is 1. The van der Waals surface area contributed by atoms with E-state index in [0.29, 0.717) is 0 Å². The van der Waals surface area contributed by atoms with Crippen LogP contribution >= 0.6 is 0 Å². The first-order chi connectivity index (χ1) is 7.90. The fourth-order valence-corrected chi connectivity index (χ4v) is 1.78. The zero-order chi connectivity index (χ0) is 11.2. The maximum atomic E-state index is 5.29. The van der Waals surface area contributed by atoms with E-state index in [4.69, 9.17) is 4.42 Å². The van der Waals surface area contributed by atoms with Crippen LogP contribution in [0.5, 0.6) is 0 Å². The van der Waals surface area contributed by atoms with E-state index in [0.717, 1.165) is 17.9 Å². The molecule has 3 nitrogen and oxygen atoms in total. The number of nitrogens with zero attached hydrogens (tertiary/aromatic N) is 1. The van der Waals surface area contributed by atoms with Gasteiger partial charge in [-0.15, -0.1) is 0 Å². The van der Waals surface area contributed by atoms with Crippen LogP contribution in [0.3, 0.4) is 0 Å². The van der Waals surface area contributed by atoms with Gasteiger partial charge >= 0.3 is 0 Å². The Morgan fingerprint density at radius 2 is 2.25 bits per heavy atom. The number of aromatic nitrogens is 2. The van der Waals surface area contributed by atoms with Gasteiger partial charge in [-0.2, -0.15) is 5.10 Å². The highest BCUT2D eigenvalue weighted by Crippen LogP contribution is 2.18. The van der Waals surface area contributed by atoms with E-state index in [1.165, 1.54) is 31.4 Å². The number of rotatable bonds is 6. The minimum absolute atomic E-state index is 0.830. The average molecular weight is 218 g/mol. The Labute approximate surface area is 95.9 Å². The molecule has 0 saturated heterocycles. The Kier molecular flexibility index (Phi) is 3.81. The van der Waals surface area contributed by atoms with Crippen LogP contribution in [0.4, 0.5) is 0 Å². The predicted octanol–water partition coefficient (Wildman–Crippen LogP) is 3.79. The van der Waals surface area contributed by atoms with Gasteiger partial charge in [0.2, 0.25) is 0 Å². The molecular weight excluding hydrogens is 200 g/mol. The second kappa shape index (κ2) is 5.54. The normalized spacial score (nSPS) is 10.8. The van der Waals surface area contributed by atoms with E-state index in [1.54, 1.807) is 6.26 Å². The lowest BCUT2D eigenvalue weighted by molar-refractivity contribution is 0.580. The summed E-state index contributed by atoms with van der Waals surface area (Å²) in [6.45, 7) is 2.23. The molecule has 0 fully saturated rings. The Morgan fingerprint density at radius 1 is 1.31 bits per heavy atom. The van der Waals surface area contributed by atoms with Crippen molar-refractivity contribution in [1.82, 2.24) is 10.2 Å². The molecule has 0 aromatic carbocycles. The summed E-state index contributed by atoms with van der Waals surface area (Å²) >= 11 is 0. The van der Waals surface area contributed by atoms with Crippen molar-refractivity contribution in [3.05, 3.63) is 30.2 Å². The number of nitrogens with one attached hydrogen (secondary N) is 1. The molecule has 0 unspecified atom stereocenters. The van der Waals surface area contributed by atoms with Gasteiger partial charge in [-0.3, -0.25) is 5.10 Å². The van der Waals surface area contributed by atoms with Crippen molar-refractivity contribution in [2.75, 3.05) is 0 Å². The molecule has 0 bridgehead atoms. The van der Waals surface area contributed by atoms with E-state index in [9.17, 15) is 0 Å². The lowest BCUT2D eigenvalue weighted by atomic mass is 10.1. The van der Waals surface area contributed by atoms with Crippen LogP contribution in [0.25, 0.3) is 11.5 Å². The molecule has 2 heterocycles. The van der Waals surface area contributed by atoms with Gasteiger partial charge in [0, 0.05) is 5.69 Å². The Bertz CT molecular complexity index is 403. The van der Waals surface area contributed by atoms with Gasteiger partial charge in [-0.05, 0) is 31.0 Å². The first-order valence-corrected chi connectivity index (χ1v) is 5.98. The third-order valence-corrected chi connectivity index (χ3v) is 2.70. The Balaban J connectivity index is 1.88. The largest absolute Gasteiger partial charge is 0.463 e. The summed E-state index contributed by atoms with van der Waals surface area (Å²) in [6.07, 6.45) is 7.87. The topological polar surface area (TPSA) is 41.8 Å². The van der Waals surface area contributed by atoms with E-state index >= 15 is 0 Å². The summed E-state index contributed by atoms with van der Waals surface area (Å²) in [5.41, 5.74) is 2.10. The maximum absolute atomic E-state index is 5.29. The molecule has 0 aliphatic heterocycles. The van der Waals surface area contributed by atoms with Crippen molar-refractivity contribution in [3.8, 4) is 11.5 Å². The number of furan rings is 1. The molecule has 1 N–H and O–H groups in total.